The fraction of sp³-hybridized carbons (Fsp3) is 0.167. The molecule has 0 amide bonds. The number of ether oxygens (including phenoxy) is 2. The Balaban J connectivity index is 2.15. The zero-order valence-electron chi connectivity index (χ0n) is 10.3. The molecule has 100 valence electrons. The van der Waals surface area contributed by atoms with E-state index in [9.17, 15) is 0 Å². The van der Waals surface area contributed by atoms with Gasteiger partial charge >= 0.3 is 0 Å². The number of rotatable bonds is 5. The lowest BCUT2D eigenvalue weighted by atomic mass is 10.2. The molecule has 0 atom stereocenters. The van der Waals surface area contributed by atoms with Crippen LogP contribution in [0.5, 0.6) is 11.6 Å². The molecule has 0 bridgehead atoms. The lowest BCUT2D eigenvalue weighted by Gasteiger charge is -2.11. The summed E-state index contributed by atoms with van der Waals surface area (Å²) >= 11 is 3.41. The third-order valence-electron chi connectivity index (χ3n) is 2.38. The van der Waals surface area contributed by atoms with Crippen molar-refractivity contribution in [2.45, 2.75) is 6.61 Å². The maximum absolute atomic E-state index is 5.62. The van der Waals surface area contributed by atoms with Crippen LogP contribution in [0.15, 0.2) is 35.1 Å². The van der Waals surface area contributed by atoms with E-state index in [0.29, 0.717) is 24.1 Å². The molecule has 1 heterocycles. The highest BCUT2D eigenvalue weighted by Gasteiger charge is 2.12. The first kappa shape index (κ1) is 13.6. The summed E-state index contributed by atoms with van der Waals surface area (Å²) in [6.07, 6.45) is 1.36. The smallest absolute Gasteiger partial charge is 0.262 e. The third kappa shape index (κ3) is 3.33. The van der Waals surface area contributed by atoms with E-state index in [1.165, 1.54) is 13.4 Å². The van der Waals surface area contributed by atoms with Crippen molar-refractivity contribution >= 4 is 21.7 Å². The molecule has 0 aliphatic heterocycles. The minimum Gasteiger partial charge on any atom is -0.489 e. The number of benzene rings is 1. The molecule has 2 rings (SSSR count). The van der Waals surface area contributed by atoms with Gasteiger partial charge < -0.3 is 14.9 Å². The summed E-state index contributed by atoms with van der Waals surface area (Å²) in [5.74, 6) is 6.43. The molecule has 0 saturated carbocycles. The van der Waals surface area contributed by atoms with Gasteiger partial charge in [0.2, 0.25) is 5.75 Å². The van der Waals surface area contributed by atoms with Crippen molar-refractivity contribution in [1.82, 2.24) is 9.97 Å². The Morgan fingerprint density at radius 1 is 1.37 bits per heavy atom. The van der Waals surface area contributed by atoms with Crippen molar-refractivity contribution in [2.24, 2.45) is 5.84 Å². The number of aromatic nitrogens is 2. The van der Waals surface area contributed by atoms with Crippen LogP contribution < -0.4 is 20.7 Å². The molecule has 0 unspecified atom stereocenters. The number of methoxy groups -OCH3 is 1. The third-order valence-corrected chi connectivity index (χ3v) is 2.87. The fourth-order valence-electron chi connectivity index (χ4n) is 1.53. The van der Waals surface area contributed by atoms with Gasteiger partial charge in [0.1, 0.15) is 12.9 Å². The van der Waals surface area contributed by atoms with E-state index in [0.717, 1.165) is 10.0 Å². The number of halogens is 1. The number of hydrogen-bond acceptors (Lipinski definition) is 6. The maximum Gasteiger partial charge on any atom is 0.262 e. The van der Waals surface area contributed by atoms with Gasteiger partial charge in [-0.15, -0.1) is 0 Å². The molecule has 0 saturated heterocycles. The molecule has 0 aliphatic rings. The van der Waals surface area contributed by atoms with Gasteiger partial charge in [0.25, 0.3) is 5.88 Å². The van der Waals surface area contributed by atoms with Crippen LogP contribution in [0.25, 0.3) is 0 Å². The standard InChI is InChI=1S/C12H13BrN4O2/c1-18-10-11(17-14)15-7-16-12(10)19-6-8-3-2-4-9(13)5-8/h2-5,7H,6,14H2,1H3,(H,15,16,17). The second kappa shape index (κ2) is 6.35. The summed E-state index contributed by atoms with van der Waals surface area (Å²) in [6, 6.07) is 7.81. The largest absolute Gasteiger partial charge is 0.489 e. The van der Waals surface area contributed by atoms with Gasteiger partial charge in [0.05, 0.1) is 7.11 Å². The number of nitrogen functional groups attached to an aromatic ring is 1. The van der Waals surface area contributed by atoms with Crippen LogP contribution in [0.1, 0.15) is 5.56 Å². The van der Waals surface area contributed by atoms with E-state index >= 15 is 0 Å². The molecule has 0 fully saturated rings. The van der Waals surface area contributed by atoms with Crippen molar-refractivity contribution in [3.63, 3.8) is 0 Å². The van der Waals surface area contributed by atoms with Crippen LogP contribution in [0.2, 0.25) is 0 Å². The van der Waals surface area contributed by atoms with Gasteiger partial charge in [-0.1, -0.05) is 28.1 Å². The Labute approximate surface area is 119 Å². The lowest BCUT2D eigenvalue weighted by molar-refractivity contribution is 0.272. The first-order chi connectivity index (χ1) is 9.24. The van der Waals surface area contributed by atoms with E-state index in [2.05, 4.69) is 31.3 Å². The van der Waals surface area contributed by atoms with Gasteiger partial charge in [-0.05, 0) is 17.7 Å². The fourth-order valence-corrected chi connectivity index (χ4v) is 1.97. The molecule has 19 heavy (non-hydrogen) atoms. The summed E-state index contributed by atoms with van der Waals surface area (Å²) in [5.41, 5.74) is 3.44. The topological polar surface area (TPSA) is 82.3 Å². The monoisotopic (exact) mass is 324 g/mol. The second-order valence-corrected chi connectivity index (χ2v) is 4.54. The molecule has 3 N–H and O–H groups in total. The van der Waals surface area contributed by atoms with E-state index in [1.54, 1.807) is 0 Å². The van der Waals surface area contributed by atoms with Crippen LogP contribution in [-0.4, -0.2) is 17.1 Å². The normalized spacial score (nSPS) is 10.1. The SMILES string of the molecule is COc1c(NN)ncnc1OCc1cccc(Br)c1. The Morgan fingerprint density at radius 2 is 2.21 bits per heavy atom. The van der Waals surface area contributed by atoms with Gasteiger partial charge in [-0.25, -0.2) is 10.8 Å². The summed E-state index contributed by atoms with van der Waals surface area (Å²) in [4.78, 5) is 7.97. The highest BCUT2D eigenvalue weighted by atomic mass is 79.9. The van der Waals surface area contributed by atoms with Crippen LogP contribution in [0, 0.1) is 0 Å². The Hall–Kier alpha value is -1.86. The number of anilines is 1. The average molecular weight is 325 g/mol. The van der Waals surface area contributed by atoms with Crippen molar-refractivity contribution in [3.8, 4) is 11.6 Å². The molecule has 2 aromatic rings. The molecule has 7 heteroatoms. The van der Waals surface area contributed by atoms with E-state index in [1.807, 2.05) is 24.3 Å². The Morgan fingerprint density at radius 3 is 2.89 bits per heavy atom. The summed E-state index contributed by atoms with van der Waals surface area (Å²) in [5, 5.41) is 0. The van der Waals surface area contributed by atoms with Gasteiger partial charge in [0, 0.05) is 4.47 Å². The zero-order valence-corrected chi connectivity index (χ0v) is 11.8. The first-order valence-electron chi connectivity index (χ1n) is 5.47. The zero-order chi connectivity index (χ0) is 13.7. The lowest BCUT2D eigenvalue weighted by Crippen LogP contribution is -2.11. The maximum atomic E-state index is 5.62. The van der Waals surface area contributed by atoms with Gasteiger partial charge in [0.15, 0.2) is 5.82 Å². The quantitative estimate of drug-likeness (QED) is 0.647. The Bertz CT molecular complexity index is 565. The van der Waals surface area contributed by atoms with Crippen LogP contribution >= 0.6 is 15.9 Å². The summed E-state index contributed by atoms with van der Waals surface area (Å²) < 4.78 is 11.8. The van der Waals surface area contributed by atoms with E-state index in [4.69, 9.17) is 15.3 Å². The minimum atomic E-state index is 0.338. The highest BCUT2D eigenvalue weighted by Crippen LogP contribution is 2.30. The number of hydrazine groups is 1. The molecule has 1 aromatic heterocycles. The molecule has 0 aliphatic carbocycles. The molecule has 1 aromatic carbocycles. The average Bonchev–Trinajstić information content (AvgIpc) is 2.44. The molecular formula is C12H13BrN4O2. The highest BCUT2D eigenvalue weighted by molar-refractivity contribution is 9.10. The van der Waals surface area contributed by atoms with Crippen molar-refractivity contribution in [2.75, 3.05) is 12.5 Å². The number of hydrogen-bond donors (Lipinski definition) is 2. The van der Waals surface area contributed by atoms with Crippen LogP contribution in [0.3, 0.4) is 0 Å². The number of nitrogens with zero attached hydrogens (tertiary/aromatic N) is 2. The summed E-state index contributed by atoms with van der Waals surface area (Å²) in [6.45, 7) is 0.372. The van der Waals surface area contributed by atoms with E-state index < -0.39 is 0 Å². The second-order valence-electron chi connectivity index (χ2n) is 3.62. The van der Waals surface area contributed by atoms with Crippen molar-refractivity contribution < 1.29 is 9.47 Å². The van der Waals surface area contributed by atoms with Gasteiger partial charge in [-0.3, -0.25) is 0 Å². The van der Waals surface area contributed by atoms with Gasteiger partial charge in [-0.2, -0.15) is 4.98 Å². The first-order valence-corrected chi connectivity index (χ1v) is 6.26. The number of nitrogens with two attached hydrogens (primary N) is 1. The van der Waals surface area contributed by atoms with Crippen LogP contribution in [-0.2, 0) is 6.61 Å². The van der Waals surface area contributed by atoms with Crippen LogP contribution in [0.4, 0.5) is 5.82 Å². The van der Waals surface area contributed by atoms with E-state index in [-0.39, 0.29) is 0 Å². The van der Waals surface area contributed by atoms with Crippen molar-refractivity contribution in [1.29, 1.82) is 0 Å². The Kier molecular flexibility index (Phi) is 4.53. The van der Waals surface area contributed by atoms with Crippen molar-refractivity contribution in [3.05, 3.63) is 40.6 Å². The predicted molar refractivity (Wildman–Crippen MR) is 74.9 cm³/mol. The molecular weight excluding hydrogens is 312 g/mol. The molecule has 0 radical (unpaired) electrons. The minimum absolute atomic E-state index is 0.338. The number of nitrogens with one attached hydrogen (secondary N) is 1. The summed E-state index contributed by atoms with van der Waals surface area (Å²) in [7, 11) is 1.51. The molecule has 6 nitrogen and oxygen atoms in total. The predicted octanol–water partition coefficient (Wildman–Crippen LogP) is 2.11. The molecule has 0 spiro atoms.